The number of hydrogen-bond donors (Lipinski definition) is 19. The number of rotatable bonds is 29. The lowest BCUT2D eigenvalue weighted by atomic mass is 9.99. The maximum atomic E-state index is 14.8. The summed E-state index contributed by atoms with van der Waals surface area (Å²) in [7, 11) is 0.982. The van der Waals surface area contributed by atoms with Gasteiger partial charge < -0.3 is 119 Å². The molecule has 2 saturated heterocycles. The van der Waals surface area contributed by atoms with Gasteiger partial charge in [-0.3, -0.25) is 52.7 Å². The minimum Gasteiger partial charge on any atom is -0.508 e. The number of likely N-dealkylation sites (N-methyl/N-ethyl adjacent to an activating group) is 1. The van der Waals surface area contributed by atoms with Crippen molar-refractivity contribution in [2.75, 3.05) is 20.2 Å². The number of carbonyl (C=O) groups excluding carboxylic acids is 12. The molecule has 0 spiro atoms. The van der Waals surface area contributed by atoms with Crippen molar-refractivity contribution in [3.05, 3.63) is 41.6 Å². The summed E-state index contributed by atoms with van der Waals surface area (Å²) in [5.74, 6) is -15.4. The third kappa shape index (κ3) is 26.7. The summed E-state index contributed by atoms with van der Waals surface area (Å²) in [6.07, 6.45) is -14.6. The molecule has 18 atom stereocenters. The minimum atomic E-state index is -2.30. The van der Waals surface area contributed by atoms with Crippen LogP contribution in [0.1, 0.15) is 137 Å². The van der Waals surface area contributed by atoms with Crippen molar-refractivity contribution in [3.63, 3.8) is 0 Å². The number of phenols is 1. The average Bonchev–Trinajstić information content (AvgIpc) is 1.25. The molecule has 0 radical (unpaired) electrons. The Balaban J connectivity index is 2.26. The normalized spacial score (nSPS) is 27.1. The standard InChI is InChI=1S/C62H99N11O24/c1-8-10-11-12-13-14-15-16-17-18-40(78)49(82)60(93)71-46(31(4)76)57(90)72-47-32(5)95-61(94)38(24-26-43(64)80)68-59(92)48(33(6)96-62-52(85)51(84)50(83)41(29-74)97-62)73(7)44(81)28-65-53(86)37(23-25-42(63)79)67-54(87)36(9-2)66-55(88)39(27-34-19-21-35(77)22-20-34)69-56(89)45(30(3)75)70-58(47)91/h9,19-22,30-33,37-41,45-52,62,74-78,82-85H,8,10-18,23-29H2,1-7H3,(H2,63,79)(H2,64,80)(H,65,86)(H,66,88)(H,67,87)(H,68,92)(H,69,89)(H,70,91)(H,71,93)(H,72,90)/t30-,31-,32+,33-,37+,38+,39+,40-,41+,45+,46-,47-,48-,49+,50+,51-,52-,62+/m0/s1. The number of nitrogens with two attached hydrogens (primary N) is 2. The first-order valence-corrected chi connectivity index (χ1v) is 32.2. The van der Waals surface area contributed by atoms with E-state index in [4.69, 9.17) is 25.7 Å². The molecule has 2 aliphatic heterocycles. The zero-order valence-corrected chi connectivity index (χ0v) is 55.6. The molecule has 11 amide bonds. The number of hydrogen-bond acceptors (Lipinski definition) is 24. The summed E-state index contributed by atoms with van der Waals surface area (Å²) in [4.78, 5) is 168. The second kappa shape index (κ2) is 41.3. The van der Waals surface area contributed by atoms with E-state index in [1.54, 1.807) is 0 Å². The molecule has 35 nitrogen and oxygen atoms in total. The van der Waals surface area contributed by atoms with Crippen LogP contribution in [0.3, 0.4) is 0 Å². The van der Waals surface area contributed by atoms with E-state index >= 15 is 0 Å². The smallest absolute Gasteiger partial charge is 0.329 e. The van der Waals surface area contributed by atoms with E-state index in [0.717, 1.165) is 85.8 Å². The van der Waals surface area contributed by atoms with Gasteiger partial charge in [-0.25, -0.2) is 4.79 Å². The van der Waals surface area contributed by atoms with Crippen LogP contribution in [-0.4, -0.2) is 252 Å². The van der Waals surface area contributed by atoms with E-state index < -0.39 is 232 Å². The topological polar surface area (TPSA) is 566 Å². The van der Waals surface area contributed by atoms with Gasteiger partial charge in [0.15, 0.2) is 12.4 Å². The number of aliphatic hydroxyl groups excluding tert-OH is 8. The fourth-order valence-electron chi connectivity index (χ4n) is 10.4. The van der Waals surface area contributed by atoms with Gasteiger partial charge in [0.05, 0.1) is 37.6 Å². The number of unbranched alkanes of at least 4 members (excludes halogenated alkanes) is 8. The molecule has 1 aromatic rings. The van der Waals surface area contributed by atoms with Crippen LogP contribution >= 0.6 is 0 Å². The summed E-state index contributed by atoms with van der Waals surface area (Å²) in [5, 5.41) is 114. The molecule has 0 aliphatic carbocycles. The highest BCUT2D eigenvalue weighted by Gasteiger charge is 2.47. The fraction of sp³-hybridized carbons (Fsp3) is 0.677. The van der Waals surface area contributed by atoms with Gasteiger partial charge in [0.2, 0.25) is 53.2 Å². The zero-order valence-electron chi connectivity index (χ0n) is 55.6. The van der Waals surface area contributed by atoms with Crippen molar-refractivity contribution >= 4 is 70.9 Å². The largest absolute Gasteiger partial charge is 0.508 e. The second-order valence-corrected chi connectivity index (χ2v) is 24.1. The summed E-state index contributed by atoms with van der Waals surface area (Å²) in [6.45, 7) is 5.52. The Hall–Kier alpha value is -8.00. The molecule has 2 fully saturated rings. The maximum absolute atomic E-state index is 14.8. The summed E-state index contributed by atoms with van der Waals surface area (Å²) in [5.41, 5.74) is 10.5. The van der Waals surface area contributed by atoms with Crippen molar-refractivity contribution in [3.8, 4) is 5.75 Å². The number of benzene rings is 1. The van der Waals surface area contributed by atoms with Gasteiger partial charge >= 0.3 is 5.97 Å². The van der Waals surface area contributed by atoms with Gasteiger partial charge in [-0.15, -0.1) is 0 Å². The lowest BCUT2D eigenvalue weighted by Gasteiger charge is -2.42. The Kier molecular flexibility index (Phi) is 35.4. The molecule has 1 aromatic carbocycles. The van der Waals surface area contributed by atoms with Crippen LogP contribution in [0.25, 0.3) is 0 Å². The molecule has 3 rings (SSSR count). The highest BCUT2D eigenvalue weighted by atomic mass is 16.7. The minimum absolute atomic E-state index is 0.0402. The Morgan fingerprint density at radius 3 is 1.87 bits per heavy atom. The van der Waals surface area contributed by atoms with Crippen LogP contribution in [0.15, 0.2) is 36.0 Å². The number of nitrogens with zero attached hydrogens (tertiary/aromatic N) is 1. The number of aromatic hydroxyl groups is 1. The fourth-order valence-corrected chi connectivity index (χ4v) is 10.4. The van der Waals surface area contributed by atoms with Gasteiger partial charge in [0.1, 0.15) is 84.3 Å². The van der Waals surface area contributed by atoms with Crippen LogP contribution < -0.4 is 54.0 Å². The van der Waals surface area contributed by atoms with E-state index in [1.807, 2.05) is 0 Å². The maximum Gasteiger partial charge on any atom is 0.329 e. The lowest BCUT2D eigenvalue weighted by molar-refractivity contribution is -0.312. The number of allylic oxidation sites excluding steroid dienone is 1. The SMILES string of the molecule is CC=C1NC(=O)[C@@H](Cc2ccc(O)cc2)NC(=O)[C@@H]([C@H](C)O)NC(=O)[C@@H](NC(=O)[C@@H](NC(=O)[C@H](O)[C@@H](O)CCCCCCCCCCC)[C@H](C)O)[C@@H](C)OC(=O)[C@@H](CCC(N)=O)NC(=O)[C@H]([C@H](C)O[C@@H]2O[C@H](CO)[C@@H](O)[C@H](O)[C@@H]2O)N(C)C(=O)CNC(=O)[C@@H](CCC(N)=O)NC1=O. The quantitative estimate of drug-likeness (QED) is 0.0202. The predicted molar refractivity (Wildman–Crippen MR) is 339 cm³/mol. The van der Waals surface area contributed by atoms with Gasteiger partial charge in [0, 0.05) is 26.3 Å². The zero-order chi connectivity index (χ0) is 73.0. The monoisotopic (exact) mass is 1380 g/mol. The first kappa shape index (κ1) is 83.2. The van der Waals surface area contributed by atoms with Crippen molar-refractivity contribution in [1.82, 2.24) is 47.4 Å². The highest BCUT2D eigenvalue weighted by molar-refractivity contribution is 6.02. The number of primary amides is 2. The van der Waals surface area contributed by atoms with Gasteiger partial charge in [0.25, 0.3) is 11.8 Å². The molecule has 2 heterocycles. The molecule has 2 aliphatic rings. The molecular weight excluding hydrogens is 1280 g/mol. The molecule has 0 aromatic heterocycles. The van der Waals surface area contributed by atoms with Crippen molar-refractivity contribution in [2.45, 2.75) is 247 Å². The Morgan fingerprint density at radius 1 is 0.732 bits per heavy atom. The lowest BCUT2D eigenvalue weighted by Crippen LogP contribution is -2.64. The van der Waals surface area contributed by atoms with E-state index in [2.05, 4.69) is 49.5 Å². The molecule has 21 N–H and O–H groups in total. The molecule has 0 unspecified atom stereocenters. The van der Waals surface area contributed by atoms with Crippen LogP contribution in [0.2, 0.25) is 0 Å². The second-order valence-electron chi connectivity index (χ2n) is 24.1. The van der Waals surface area contributed by atoms with E-state index in [0.29, 0.717) is 17.7 Å². The van der Waals surface area contributed by atoms with Crippen molar-refractivity contribution < 1.29 is 118 Å². The van der Waals surface area contributed by atoms with Crippen LogP contribution in [0.4, 0.5) is 0 Å². The number of phenolic OH excluding ortho intramolecular Hbond substituents is 1. The Bertz CT molecular complexity index is 2850. The molecule has 0 bridgehead atoms. The Labute approximate surface area is 560 Å². The van der Waals surface area contributed by atoms with Crippen molar-refractivity contribution in [2.24, 2.45) is 11.5 Å². The van der Waals surface area contributed by atoms with E-state index in [1.165, 1.54) is 31.2 Å². The first-order valence-electron chi connectivity index (χ1n) is 32.2. The van der Waals surface area contributed by atoms with E-state index in [9.17, 15) is 103 Å². The predicted octanol–water partition coefficient (Wildman–Crippen LogP) is -6.11. The molecular formula is C62H99N11O24. The number of ether oxygens (including phenoxy) is 3. The van der Waals surface area contributed by atoms with Crippen LogP contribution in [0, 0.1) is 0 Å². The average molecular weight is 1380 g/mol. The highest BCUT2D eigenvalue weighted by Crippen LogP contribution is 2.25. The van der Waals surface area contributed by atoms with Gasteiger partial charge in [-0.05, 0) is 71.6 Å². The number of amides is 11. The van der Waals surface area contributed by atoms with Gasteiger partial charge in [-0.1, -0.05) is 82.9 Å². The molecule has 97 heavy (non-hydrogen) atoms. The van der Waals surface area contributed by atoms with Crippen LogP contribution in [0.5, 0.6) is 5.75 Å². The third-order valence-electron chi connectivity index (χ3n) is 16.2. The van der Waals surface area contributed by atoms with Crippen molar-refractivity contribution in [1.29, 1.82) is 0 Å². The first-order chi connectivity index (χ1) is 45.7. The third-order valence-corrected chi connectivity index (χ3v) is 16.2. The summed E-state index contributed by atoms with van der Waals surface area (Å²) < 4.78 is 17.0. The Morgan fingerprint density at radius 2 is 1.31 bits per heavy atom. The number of aliphatic hydroxyl groups is 8. The number of esters is 1. The molecule has 546 valence electrons. The molecule has 0 saturated carbocycles. The number of nitrogens with one attached hydrogen (secondary N) is 8. The van der Waals surface area contributed by atoms with Crippen LogP contribution in [-0.2, 0) is 78.2 Å². The van der Waals surface area contributed by atoms with Gasteiger partial charge in [-0.2, -0.15) is 0 Å². The number of cyclic esters (lactones) is 1. The molecule has 35 heteroatoms. The summed E-state index contributed by atoms with van der Waals surface area (Å²) >= 11 is 0. The van der Waals surface area contributed by atoms with E-state index in [-0.39, 0.29) is 17.7 Å². The number of carbonyl (C=O) groups is 12. The summed E-state index contributed by atoms with van der Waals surface area (Å²) in [6, 6.07) is -8.97.